The number of ether oxygens (including phenoxy) is 1. The fraction of sp³-hybridized carbons (Fsp3) is 0.647. The highest BCUT2D eigenvalue weighted by Crippen LogP contribution is 2.30. The van der Waals surface area contributed by atoms with E-state index in [0.717, 1.165) is 24.5 Å². The van der Waals surface area contributed by atoms with Gasteiger partial charge in [0.05, 0.1) is 13.2 Å². The van der Waals surface area contributed by atoms with Crippen LogP contribution in [-0.4, -0.2) is 40.7 Å². The average Bonchev–Trinajstić information content (AvgIpc) is 2.83. The minimum atomic E-state index is -0.172. The summed E-state index contributed by atoms with van der Waals surface area (Å²) in [5, 5.41) is 4.11. The van der Waals surface area contributed by atoms with Crippen LogP contribution < -0.4 is 5.32 Å². The average molecular weight is 337 g/mol. The summed E-state index contributed by atoms with van der Waals surface area (Å²) < 4.78 is 6.84. The molecular weight excluding hydrogens is 310 g/mol. The molecule has 1 fully saturated rings. The molecule has 1 aromatic rings. The minimum absolute atomic E-state index is 0.172. The summed E-state index contributed by atoms with van der Waals surface area (Å²) in [5.74, 6) is -0.172. The predicted molar refractivity (Wildman–Crippen MR) is 95.2 cm³/mol. The number of likely N-dealkylation sites (tertiary alicyclic amines) is 1. The third-order valence-corrected chi connectivity index (χ3v) is 4.78. The van der Waals surface area contributed by atoms with Crippen molar-refractivity contribution in [1.29, 1.82) is 0 Å². The predicted octanol–water partition coefficient (Wildman–Crippen LogP) is 2.77. The molecule has 1 aliphatic heterocycles. The lowest BCUT2D eigenvalue weighted by atomic mass is 10.1. The van der Waals surface area contributed by atoms with E-state index in [1.807, 2.05) is 0 Å². The molecule has 2 heterocycles. The van der Waals surface area contributed by atoms with Gasteiger partial charge in [-0.2, -0.15) is 0 Å². The van der Waals surface area contributed by atoms with E-state index in [1.165, 1.54) is 32.1 Å². The number of hydrogen-bond acceptors (Lipinski definition) is 3. The molecule has 0 spiro atoms. The first-order valence-electron chi connectivity index (χ1n) is 8.36. The van der Waals surface area contributed by atoms with Crippen LogP contribution in [0.1, 0.15) is 50.3 Å². The second kappa shape index (κ2) is 8.91. The summed E-state index contributed by atoms with van der Waals surface area (Å²) >= 11 is 5.63. The number of rotatable bonds is 5. The molecule has 0 unspecified atom stereocenters. The Morgan fingerprint density at radius 1 is 1.43 bits per heavy atom. The molecule has 0 radical (unpaired) electrons. The molecule has 0 aromatic carbocycles. The van der Waals surface area contributed by atoms with Crippen LogP contribution in [0.2, 0.25) is 0 Å². The van der Waals surface area contributed by atoms with Gasteiger partial charge in [-0.05, 0) is 43.6 Å². The molecule has 0 saturated carbocycles. The van der Waals surface area contributed by atoms with Gasteiger partial charge in [0.15, 0.2) is 5.11 Å². The molecule has 1 aliphatic rings. The molecule has 1 aromatic heterocycles. The highest BCUT2D eigenvalue weighted by atomic mass is 32.1. The third-order valence-electron chi connectivity index (χ3n) is 4.40. The highest BCUT2D eigenvalue weighted by Gasteiger charge is 2.26. The molecule has 0 amide bonds. The maximum absolute atomic E-state index is 11.2. The van der Waals surface area contributed by atoms with Gasteiger partial charge in [0.2, 0.25) is 0 Å². The Bertz CT molecular complexity index is 530. The molecule has 128 valence electrons. The van der Waals surface area contributed by atoms with Crippen molar-refractivity contribution >= 4 is 23.3 Å². The number of aryl methyl sites for hydroxylation is 1. The Labute approximate surface area is 144 Å². The van der Waals surface area contributed by atoms with Gasteiger partial charge in [0.25, 0.3) is 0 Å². The Hall–Kier alpha value is -1.56. The fourth-order valence-corrected chi connectivity index (χ4v) is 3.43. The highest BCUT2D eigenvalue weighted by molar-refractivity contribution is 7.80. The lowest BCUT2D eigenvalue weighted by Gasteiger charge is -2.33. The topological polar surface area (TPSA) is 46.5 Å². The summed E-state index contributed by atoms with van der Waals surface area (Å²) in [4.78, 5) is 13.5. The van der Waals surface area contributed by atoms with E-state index in [9.17, 15) is 4.79 Å². The fourth-order valence-electron chi connectivity index (χ4n) is 3.11. The van der Waals surface area contributed by atoms with Gasteiger partial charge in [0, 0.05) is 38.4 Å². The van der Waals surface area contributed by atoms with Crippen LogP contribution in [0.5, 0.6) is 0 Å². The first-order valence-corrected chi connectivity index (χ1v) is 8.77. The first-order chi connectivity index (χ1) is 11.1. The van der Waals surface area contributed by atoms with Gasteiger partial charge < -0.3 is 19.5 Å². The Morgan fingerprint density at radius 2 is 2.26 bits per heavy atom. The first kappa shape index (κ1) is 17.8. The Balaban J connectivity index is 1.94. The van der Waals surface area contributed by atoms with Gasteiger partial charge in [-0.25, -0.2) is 0 Å². The molecule has 1 atom stereocenters. The van der Waals surface area contributed by atoms with Crippen molar-refractivity contribution in [3.63, 3.8) is 0 Å². The Kier molecular flexibility index (Phi) is 6.89. The molecule has 1 N–H and O–H groups in total. The number of aromatic nitrogens is 1. The van der Waals surface area contributed by atoms with Crippen molar-refractivity contribution in [3.05, 3.63) is 24.0 Å². The van der Waals surface area contributed by atoms with E-state index >= 15 is 0 Å². The monoisotopic (exact) mass is 337 g/mol. The maximum Gasteiger partial charge on any atom is 0.305 e. The van der Waals surface area contributed by atoms with Crippen LogP contribution in [0.25, 0.3) is 0 Å². The Morgan fingerprint density at radius 3 is 2.96 bits per heavy atom. The van der Waals surface area contributed by atoms with Crippen LogP contribution in [0.3, 0.4) is 0 Å². The third kappa shape index (κ3) is 4.96. The van der Waals surface area contributed by atoms with E-state index in [4.69, 9.17) is 12.2 Å². The maximum atomic E-state index is 11.2. The normalized spacial score (nSPS) is 18.3. The zero-order chi connectivity index (χ0) is 16.7. The van der Waals surface area contributed by atoms with Crippen molar-refractivity contribution in [2.45, 2.75) is 44.6 Å². The lowest BCUT2D eigenvalue weighted by Crippen LogP contribution is -2.42. The SMILES string of the molecule is COC(=O)CCCNC(=S)N1CCCCC[C@@H]1c1cccn1C. The van der Waals surface area contributed by atoms with Crippen molar-refractivity contribution in [2.24, 2.45) is 7.05 Å². The van der Waals surface area contributed by atoms with Crippen molar-refractivity contribution < 1.29 is 9.53 Å². The second-order valence-electron chi connectivity index (χ2n) is 6.01. The number of hydrogen-bond donors (Lipinski definition) is 1. The van der Waals surface area contributed by atoms with Crippen LogP contribution >= 0.6 is 12.2 Å². The smallest absolute Gasteiger partial charge is 0.305 e. The number of carbonyl (C=O) groups is 1. The van der Waals surface area contributed by atoms with E-state index in [-0.39, 0.29) is 5.97 Å². The van der Waals surface area contributed by atoms with E-state index in [1.54, 1.807) is 0 Å². The van der Waals surface area contributed by atoms with Crippen molar-refractivity contribution in [3.8, 4) is 0 Å². The molecule has 6 heteroatoms. The number of thiocarbonyl (C=S) groups is 1. The lowest BCUT2D eigenvalue weighted by molar-refractivity contribution is -0.140. The van der Waals surface area contributed by atoms with Crippen LogP contribution in [0.15, 0.2) is 18.3 Å². The molecule has 0 aliphatic carbocycles. The van der Waals surface area contributed by atoms with Gasteiger partial charge >= 0.3 is 5.97 Å². The van der Waals surface area contributed by atoms with Crippen LogP contribution in [0, 0.1) is 0 Å². The van der Waals surface area contributed by atoms with Crippen LogP contribution in [0.4, 0.5) is 0 Å². The van der Waals surface area contributed by atoms with E-state index in [0.29, 0.717) is 19.0 Å². The van der Waals surface area contributed by atoms with Gasteiger partial charge in [-0.1, -0.05) is 12.8 Å². The summed E-state index contributed by atoms with van der Waals surface area (Å²) in [6.45, 7) is 1.68. The number of nitrogens with zero attached hydrogens (tertiary/aromatic N) is 2. The molecule has 2 rings (SSSR count). The standard InChI is InChI=1S/C17H27N3O2S/c1-19-12-7-9-14(19)15-8-4-3-5-13-20(15)17(23)18-11-6-10-16(21)22-2/h7,9,12,15H,3-6,8,10-11,13H2,1-2H3,(H,18,23)/t15-/m1/s1. The quantitative estimate of drug-likeness (QED) is 0.508. The molecule has 23 heavy (non-hydrogen) atoms. The van der Waals surface area contributed by atoms with E-state index < -0.39 is 0 Å². The van der Waals surface area contributed by atoms with Gasteiger partial charge in [-0.3, -0.25) is 4.79 Å². The van der Waals surface area contributed by atoms with Gasteiger partial charge in [-0.15, -0.1) is 0 Å². The number of methoxy groups -OCH3 is 1. The van der Waals surface area contributed by atoms with Gasteiger partial charge in [0.1, 0.15) is 0 Å². The zero-order valence-electron chi connectivity index (χ0n) is 14.1. The minimum Gasteiger partial charge on any atom is -0.469 e. The van der Waals surface area contributed by atoms with Crippen molar-refractivity contribution in [1.82, 2.24) is 14.8 Å². The largest absolute Gasteiger partial charge is 0.469 e. The molecule has 5 nitrogen and oxygen atoms in total. The summed E-state index contributed by atoms with van der Waals surface area (Å²) in [6, 6.07) is 4.60. The van der Waals surface area contributed by atoms with Crippen molar-refractivity contribution in [2.75, 3.05) is 20.2 Å². The second-order valence-corrected chi connectivity index (χ2v) is 6.40. The summed E-state index contributed by atoms with van der Waals surface area (Å²) in [6.07, 6.45) is 8.03. The molecule has 1 saturated heterocycles. The number of nitrogens with one attached hydrogen (secondary N) is 1. The molecular formula is C17H27N3O2S. The number of esters is 1. The summed E-state index contributed by atoms with van der Waals surface area (Å²) in [7, 11) is 3.51. The zero-order valence-corrected chi connectivity index (χ0v) is 14.9. The molecule has 0 bridgehead atoms. The number of carbonyl (C=O) groups excluding carboxylic acids is 1. The summed E-state index contributed by atoms with van der Waals surface area (Å²) in [5.41, 5.74) is 1.31. The van der Waals surface area contributed by atoms with E-state index in [2.05, 4.69) is 44.9 Å². The van der Waals surface area contributed by atoms with Crippen LogP contribution in [-0.2, 0) is 16.6 Å².